The van der Waals surface area contributed by atoms with Crippen molar-refractivity contribution in [3.8, 4) is 44.5 Å². The maximum Gasteiger partial charge on any atom is 4.00 e. The predicted molar refractivity (Wildman–Crippen MR) is 218 cm³/mol. The Labute approximate surface area is 356 Å². The van der Waals surface area contributed by atoms with E-state index in [2.05, 4.69) is 9.97 Å². The van der Waals surface area contributed by atoms with Crippen molar-refractivity contribution in [3.63, 3.8) is 0 Å². The maximum atomic E-state index is 12.2. The summed E-state index contributed by atoms with van der Waals surface area (Å²) in [5.74, 6) is -6.30. The van der Waals surface area contributed by atoms with Gasteiger partial charge in [0.25, 0.3) is 0 Å². The van der Waals surface area contributed by atoms with Gasteiger partial charge >= 0.3 is 17.1 Å². The van der Waals surface area contributed by atoms with E-state index in [4.69, 9.17) is 9.97 Å². The second-order valence-corrected chi connectivity index (χ2v) is 14.0. The van der Waals surface area contributed by atoms with E-state index >= 15 is 0 Å². The molecule has 12 nitrogen and oxygen atoms in total. The van der Waals surface area contributed by atoms with Crippen molar-refractivity contribution < 1.29 is 56.7 Å². The van der Waals surface area contributed by atoms with Gasteiger partial charge in [0.05, 0.1) is 46.7 Å². The number of nitrogens with zero attached hydrogens (tertiary/aromatic N) is 2. The van der Waals surface area contributed by atoms with Crippen molar-refractivity contribution in [2.75, 3.05) is 0 Å². The Morgan fingerprint density at radius 1 is 0.361 bits per heavy atom. The summed E-state index contributed by atoms with van der Waals surface area (Å²) < 4.78 is 0. The Morgan fingerprint density at radius 3 is 0.885 bits per heavy atom. The molecule has 0 atom stereocenters. The van der Waals surface area contributed by atoms with Gasteiger partial charge < -0.3 is 49.6 Å². The smallest absolute Gasteiger partial charge is 0.545 e. The van der Waals surface area contributed by atoms with E-state index in [0.717, 1.165) is 23.3 Å². The van der Waals surface area contributed by atoms with E-state index in [1.54, 1.807) is 36.4 Å². The maximum absolute atomic E-state index is 12.2. The van der Waals surface area contributed by atoms with Crippen LogP contribution in [0.5, 0.6) is 0 Å². The van der Waals surface area contributed by atoms with Gasteiger partial charge in [0.1, 0.15) is 0 Å². The van der Waals surface area contributed by atoms with Gasteiger partial charge in [0.2, 0.25) is 0 Å². The van der Waals surface area contributed by atoms with Crippen LogP contribution < -0.4 is 20.4 Å². The molecular formula is C48H26FeN4O8. The summed E-state index contributed by atoms with van der Waals surface area (Å²) in [5.41, 5.74) is 6.37. The van der Waals surface area contributed by atoms with Crippen LogP contribution in [0, 0.1) is 0 Å². The third-order valence-corrected chi connectivity index (χ3v) is 10.3. The number of carboxylic acids is 4. The normalized spacial score (nSPS) is 11.5. The van der Waals surface area contributed by atoms with Gasteiger partial charge in [0, 0.05) is 44.3 Å². The van der Waals surface area contributed by atoms with E-state index in [-0.39, 0.29) is 50.4 Å². The average molecular weight is 843 g/mol. The molecule has 9 rings (SSSR count). The standard InChI is InChI=1S/C48H30N4O8.Fe/c53-45(54)29-19-27(20-30(23-29)46(55)56)43-37-15-11-33(49-37)41(25-7-3-1-4-8-25)34-12-16-38(50-34)44(28-21-31(47(57)58)24-32(22-28)48(59)60)40-18-14-36(52-40)42(26-9-5-2-6-10-26)35-13-17-39(43)51-35;/h1-24,49,52H,(H,53,54)(H,55,56)(H,57,58)(H,59,60);/q;+4/p-4. The Morgan fingerprint density at radius 2 is 0.623 bits per heavy atom. The summed E-state index contributed by atoms with van der Waals surface area (Å²) in [6.07, 6.45) is 7.07. The largest absolute Gasteiger partial charge is 4.00 e. The van der Waals surface area contributed by atoms with E-state index < -0.39 is 23.9 Å². The molecule has 2 aliphatic rings. The van der Waals surface area contributed by atoms with Crippen molar-refractivity contribution in [2.24, 2.45) is 0 Å². The quantitative estimate of drug-likeness (QED) is 0.200. The van der Waals surface area contributed by atoms with Crippen LogP contribution in [0.1, 0.15) is 64.2 Å². The number of H-pyrrole nitrogens is 2. The molecule has 13 heteroatoms. The molecule has 2 aliphatic heterocycles. The Bertz CT molecular complexity index is 2940. The summed E-state index contributed by atoms with van der Waals surface area (Å²) in [6.45, 7) is 0. The predicted octanol–water partition coefficient (Wildman–Crippen LogP) is 4.78. The third-order valence-electron chi connectivity index (χ3n) is 10.3. The molecule has 2 N–H and O–H groups in total. The first-order chi connectivity index (χ1) is 29.0. The minimum atomic E-state index is -1.57. The van der Waals surface area contributed by atoms with Crippen LogP contribution in [0.15, 0.2) is 121 Å². The van der Waals surface area contributed by atoms with Crippen LogP contribution in [0.4, 0.5) is 0 Å². The first-order valence-corrected chi connectivity index (χ1v) is 18.5. The number of hydrogen-bond acceptors (Lipinski definition) is 10. The molecule has 0 saturated carbocycles. The number of aromatic nitrogens is 4. The molecule has 0 unspecified atom stereocenters. The van der Waals surface area contributed by atoms with Crippen LogP contribution in [0.3, 0.4) is 0 Å². The number of aromatic amines is 2. The van der Waals surface area contributed by atoms with Crippen LogP contribution in [-0.4, -0.2) is 43.8 Å². The Kier molecular flexibility index (Phi) is 10.4. The molecule has 7 aromatic rings. The number of carbonyl (C=O) groups is 4. The fourth-order valence-corrected chi connectivity index (χ4v) is 7.65. The van der Waals surface area contributed by atoms with Crippen LogP contribution in [0.25, 0.3) is 90.9 Å². The number of fused-ring (bicyclic) bond motifs is 8. The molecule has 0 radical (unpaired) electrons. The summed E-state index contributed by atoms with van der Waals surface area (Å²) in [5, 5.41) is 48.8. The number of carboxylic acid groups (broad SMARTS) is 4. The van der Waals surface area contributed by atoms with Crippen molar-refractivity contribution in [3.05, 3.63) is 166 Å². The Balaban J connectivity index is 0.00000514. The first kappa shape index (κ1) is 39.7. The zero-order valence-electron chi connectivity index (χ0n) is 31.4. The van der Waals surface area contributed by atoms with Crippen LogP contribution in [-0.2, 0) is 17.1 Å². The molecule has 0 spiro atoms. The summed E-state index contributed by atoms with van der Waals surface area (Å²) in [4.78, 5) is 65.9. The minimum absolute atomic E-state index is 0. The summed E-state index contributed by atoms with van der Waals surface area (Å²) in [7, 11) is 0. The molecule has 3 aromatic heterocycles. The molecule has 61 heavy (non-hydrogen) atoms. The topological polar surface area (TPSA) is 218 Å². The number of hydrogen-bond donors (Lipinski definition) is 2. The molecule has 0 saturated heterocycles. The van der Waals surface area contributed by atoms with E-state index in [0.29, 0.717) is 67.1 Å². The third kappa shape index (κ3) is 7.42. The first-order valence-electron chi connectivity index (χ1n) is 18.5. The van der Waals surface area contributed by atoms with Gasteiger partial charge in [-0.25, -0.2) is 9.97 Å². The van der Waals surface area contributed by atoms with Gasteiger partial charge in [-0.15, -0.1) is 0 Å². The fourth-order valence-electron chi connectivity index (χ4n) is 7.65. The molecule has 5 heterocycles. The molecule has 0 aliphatic carbocycles. The molecule has 0 amide bonds. The Hall–Kier alpha value is -8.12. The number of carbonyl (C=O) groups excluding carboxylic acids is 4. The second kappa shape index (κ2) is 15.9. The SMILES string of the molecule is O=C([O-])c1cc(C(=O)[O-])cc(-c2c3nc(c(-c4ccccc4)c4ccc([nH]4)c(-c4cc(C(=O)[O-])cc(C(=O)[O-])c4)c4nc(c(-c5ccccc5)c5ccc2[nH]5)C=C4)C=C3)c1.[Fe+4]. The fraction of sp³-hybridized carbons (Fsp3) is 0. The van der Waals surface area contributed by atoms with Gasteiger partial charge in [-0.05, 0) is 129 Å². The zero-order valence-corrected chi connectivity index (χ0v) is 32.5. The minimum Gasteiger partial charge on any atom is -0.545 e. The number of rotatable bonds is 8. The molecule has 294 valence electrons. The number of aromatic carboxylic acids is 4. The van der Waals surface area contributed by atoms with Crippen molar-refractivity contribution in [1.29, 1.82) is 0 Å². The summed E-state index contributed by atoms with van der Waals surface area (Å²) in [6, 6.07) is 33.2. The van der Waals surface area contributed by atoms with Crippen molar-refractivity contribution in [2.45, 2.75) is 0 Å². The van der Waals surface area contributed by atoms with Crippen LogP contribution >= 0.6 is 0 Å². The van der Waals surface area contributed by atoms with Crippen molar-refractivity contribution in [1.82, 2.24) is 19.9 Å². The second-order valence-electron chi connectivity index (χ2n) is 14.0. The van der Waals surface area contributed by atoms with Gasteiger partial charge in [-0.1, -0.05) is 60.7 Å². The van der Waals surface area contributed by atoms with Gasteiger partial charge in [-0.2, -0.15) is 0 Å². The molecule has 4 aromatic carbocycles. The average Bonchev–Trinajstić information content (AvgIpc) is 4.09. The molecule has 8 bridgehead atoms. The zero-order chi connectivity index (χ0) is 41.7. The van der Waals surface area contributed by atoms with E-state index in [1.165, 1.54) is 24.3 Å². The van der Waals surface area contributed by atoms with Crippen molar-refractivity contribution >= 4 is 70.2 Å². The molecule has 0 fully saturated rings. The van der Waals surface area contributed by atoms with Gasteiger partial charge in [-0.3, -0.25) is 0 Å². The molecular weight excluding hydrogens is 816 g/mol. The monoisotopic (exact) mass is 842 g/mol. The van der Waals surface area contributed by atoms with E-state index in [9.17, 15) is 39.6 Å². The van der Waals surface area contributed by atoms with Gasteiger partial charge in [0.15, 0.2) is 0 Å². The number of benzene rings is 4. The summed E-state index contributed by atoms with van der Waals surface area (Å²) >= 11 is 0. The van der Waals surface area contributed by atoms with E-state index in [1.807, 2.05) is 72.8 Å². The number of nitrogens with one attached hydrogen (secondary N) is 2. The van der Waals surface area contributed by atoms with Crippen LogP contribution in [0.2, 0.25) is 0 Å².